The predicted molar refractivity (Wildman–Crippen MR) is 69.9 cm³/mol. The van der Waals surface area contributed by atoms with Gasteiger partial charge in [0.25, 0.3) is 10.0 Å². The molecular weight excluding hydrogens is 250 g/mol. The molecule has 1 saturated heterocycles. The first-order valence-corrected chi connectivity index (χ1v) is 7.31. The van der Waals surface area contributed by atoms with Gasteiger partial charge in [0.2, 0.25) is 5.96 Å². The van der Waals surface area contributed by atoms with E-state index in [-0.39, 0.29) is 16.9 Å². The highest BCUT2D eigenvalue weighted by Gasteiger charge is 2.35. The summed E-state index contributed by atoms with van der Waals surface area (Å²) in [4.78, 5) is 2.01. The Kier molecular flexibility index (Phi) is 3.30. The molecule has 1 aliphatic heterocycles. The Bertz CT molecular complexity index is 540. The van der Waals surface area contributed by atoms with Gasteiger partial charge < -0.3 is 4.90 Å². The van der Waals surface area contributed by atoms with Crippen molar-refractivity contribution in [2.75, 3.05) is 13.1 Å². The van der Waals surface area contributed by atoms with Gasteiger partial charge in [-0.3, -0.25) is 5.41 Å². The summed E-state index contributed by atoms with van der Waals surface area (Å²) in [6.07, 6.45) is 0. The SMILES string of the molecule is CC(C)N1CCN(S(=O)(=O)c2ccccc2)C1=N. The Balaban J connectivity index is 2.31. The standard InChI is InChI=1S/C12H17N3O2S/c1-10(2)14-8-9-15(12(14)13)18(16,17)11-6-4-3-5-7-11/h3-7,10,13H,8-9H2,1-2H3. The maximum atomic E-state index is 12.4. The van der Waals surface area contributed by atoms with E-state index in [1.54, 1.807) is 35.2 Å². The Hall–Kier alpha value is -1.56. The van der Waals surface area contributed by atoms with Crippen molar-refractivity contribution in [2.24, 2.45) is 0 Å². The van der Waals surface area contributed by atoms with Crippen LogP contribution >= 0.6 is 0 Å². The summed E-state index contributed by atoms with van der Waals surface area (Å²) in [5.41, 5.74) is 0. The van der Waals surface area contributed by atoms with Crippen LogP contribution in [0.1, 0.15) is 13.8 Å². The van der Waals surface area contributed by atoms with Gasteiger partial charge in [-0.15, -0.1) is 0 Å². The fourth-order valence-electron chi connectivity index (χ4n) is 2.01. The highest BCUT2D eigenvalue weighted by atomic mass is 32.2. The monoisotopic (exact) mass is 267 g/mol. The number of nitrogens with zero attached hydrogens (tertiary/aromatic N) is 2. The van der Waals surface area contributed by atoms with Crippen molar-refractivity contribution in [2.45, 2.75) is 24.8 Å². The van der Waals surface area contributed by atoms with E-state index in [1.165, 1.54) is 4.31 Å². The van der Waals surface area contributed by atoms with Gasteiger partial charge in [0, 0.05) is 12.6 Å². The maximum Gasteiger partial charge on any atom is 0.266 e. The topological polar surface area (TPSA) is 64.5 Å². The number of benzene rings is 1. The van der Waals surface area contributed by atoms with Crippen LogP contribution in [0.4, 0.5) is 0 Å². The first-order valence-electron chi connectivity index (χ1n) is 5.87. The molecule has 6 heteroatoms. The molecule has 0 radical (unpaired) electrons. The lowest BCUT2D eigenvalue weighted by molar-refractivity contribution is 0.382. The molecule has 1 heterocycles. The van der Waals surface area contributed by atoms with Crippen LogP contribution < -0.4 is 0 Å². The van der Waals surface area contributed by atoms with Crippen LogP contribution in [0, 0.1) is 5.41 Å². The van der Waals surface area contributed by atoms with Crippen LogP contribution in [0.15, 0.2) is 35.2 Å². The third-order valence-electron chi connectivity index (χ3n) is 3.01. The highest BCUT2D eigenvalue weighted by molar-refractivity contribution is 7.89. The molecule has 0 aromatic heterocycles. The molecule has 18 heavy (non-hydrogen) atoms. The fourth-order valence-corrected chi connectivity index (χ4v) is 3.42. The van der Waals surface area contributed by atoms with E-state index in [0.717, 1.165) is 0 Å². The summed E-state index contributed by atoms with van der Waals surface area (Å²) in [5, 5.41) is 7.97. The first kappa shape index (κ1) is 12.9. The van der Waals surface area contributed by atoms with Gasteiger partial charge in [-0.1, -0.05) is 18.2 Å². The average molecular weight is 267 g/mol. The molecule has 1 fully saturated rings. The number of sulfonamides is 1. The minimum absolute atomic E-state index is 0.0638. The van der Waals surface area contributed by atoms with E-state index in [2.05, 4.69) is 0 Å². The zero-order valence-corrected chi connectivity index (χ0v) is 11.3. The van der Waals surface area contributed by atoms with Gasteiger partial charge >= 0.3 is 0 Å². The fraction of sp³-hybridized carbons (Fsp3) is 0.417. The molecule has 0 amide bonds. The third-order valence-corrected chi connectivity index (χ3v) is 4.81. The zero-order chi connectivity index (χ0) is 13.3. The van der Waals surface area contributed by atoms with E-state index < -0.39 is 10.0 Å². The van der Waals surface area contributed by atoms with E-state index in [0.29, 0.717) is 13.1 Å². The van der Waals surface area contributed by atoms with Crippen LogP contribution in [0.3, 0.4) is 0 Å². The van der Waals surface area contributed by atoms with Crippen molar-refractivity contribution >= 4 is 16.0 Å². The van der Waals surface area contributed by atoms with Crippen LogP contribution in [-0.4, -0.2) is 42.7 Å². The van der Waals surface area contributed by atoms with Crippen LogP contribution in [-0.2, 0) is 10.0 Å². The van der Waals surface area contributed by atoms with Crippen molar-refractivity contribution in [1.82, 2.24) is 9.21 Å². The summed E-state index contributed by atoms with van der Waals surface area (Å²) < 4.78 is 25.9. The average Bonchev–Trinajstić information content (AvgIpc) is 2.73. The second kappa shape index (κ2) is 4.61. The van der Waals surface area contributed by atoms with Crippen LogP contribution in [0.5, 0.6) is 0 Å². The zero-order valence-electron chi connectivity index (χ0n) is 10.5. The minimum atomic E-state index is -3.59. The highest BCUT2D eigenvalue weighted by Crippen LogP contribution is 2.21. The molecule has 1 aromatic carbocycles. The molecular formula is C12H17N3O2S. The number of nitrogens with one attached hydrogen (secondary N) is 1. The Morgan fingerprint density at radius 3 is 2.28 bits per heavy atom. The lowest BCUT2D eigenvalue weighted by atomic mass is 10.3. The summed E-state index contributed by atoms with van der Waals surface area (Å²) in [7, 11) is -3.59. The molecule has 0 bridgehead atoms. The van der Waals surface area contributed by atoms with Gasteiger partial charge in [-0.2, -0.15) is 0 Å². The number of rotatable bonds is 3. The second-order valence-electron chi connectivity index (χ2n) is 4.50. The van der Waals surface area contributed by atoms with E-state index >= 15 is 0 Å². The Morgan fingerprint density at radius 1 is 1.17 bits per heavy atom. The molecule has 98 valence electrons. The molecule has 0 saturated carbocycles. The van der Waals surface area contributed by atoms with Gasteiger partial charge in [0.05, 0.1) is 11.4 Å². The van der Waals surface area contributed by atoms with Gasteiger partial charge in [0.15, 0.2) is 0 Å². The normalized spacial score (nSPS) is 16.7. The quantitative estimate of drug-likeness (QED) is 0.898. The molecule has 0 aliphatic carbocycles. The molecule has 1 aliphatic rings. The molecule has 1 N–H and O–H groups in total. The summed E-state index contributed by atoms with van der Waals surface area (Å²) in [6.45, 7) is 4.82. The van der Waals surface area contributed by atoms with Crippen molar-refractivity contribution in [3.8, 4) is 0 Å². The molecule has 0 unspecified atom stereocenters. The largest absolute Gasteiger partial charge is 0.338 e. The summed E-state index contributed by atoms with van der Waals surface area (Å²) in [5.74, 6) is 0.0638. The lowest BCUT2D eigenvalue weighted by Gasteiger charge is -2.24. The van der Waals surface area contributed by atoms with Gasteiger partial charge in [0.1, 0.15) is 0 Å². The summed E-state index contributed by atoms with van der Waals surface area (Å²) in [6, 6.07) is 8.39. The number of guanidine groups is 1. The van der Waals surface area contributed by atoms with Crippen molar-refractivity contribution in [3.63, 3.8) is 0 Å². The van der Waals surface area contributed by atoms with Crippen molar-refractivity contribution in [3.05, 3.63) is 30.3 Å². The molecule has 0 spiro atoms. The second-order valence-corrected chi connectivity index (χ2v) is 6.36. The number of hydrogen-bond acceptors (Lipinski definition) is 3. The van der Waals surface area contributed by atoms with E-state index in [1.807, 2.05) is 13.8 Å². The lowest BCUT2D eigenvalue weighted by Crippen LogP contribution is -2.39. The van der Waals surface area contributed by atoms with Crippen molar-refractivity contribution in [1.29, 1.82) is 5.41 Å². The van der Waals surface area contributed by atoms with Gasteiger partial charge in [-0.05, 0) is 26.0 Å². The molecule has 2 rings (SSSR count). The van der Waals surface area contributed by atoms with E-state index in [4.69, 9.17) is 5.41 Å². The first-order chi connectivity index (χ1) is 8.44. The van der Waals surface area contributed by atoms with Crippen LogP contribution in [0.2, 0.25) is 0 Å². The third kappa shape index (κ3) is 2.08. The van der Waals surface area contributed by atoms with Crippen molar-refractivity contribution < 1.29 is 8.42 Å². The predicted octanol–water partition coefficient (Wildman–Crippen LogP) is 1.34. The number of hydrogen-bond donors (Lipinski definition) is 1. The maximum absolute atomic E-state index is 12.4. The Labute approximate surface area is 108 Å². The summed E-state index contributed by atoms with van der Waals surface area (Å²) >= 11 is 0. The Morgan fingerprint density at radius 2 is 1.78 bits per heavy atom. The van der Waals surface area contributed by atoms with E-state index in [9.17, 15) is 8.42 Å². The molecule has 5 nitrogen and oxygen atoms in total. The minimum Gasteiger partial charge on any atom is -0.338 e. The van der Waals surface area contributed by atoms with Gasteiger partial charge in [-0.25, -0.2) is 12.7 Å². The molecule has 0 atom stereocenters. The smallest absolute Gasteiger partial charge is 0.266 e. The molecule has 1 aromatic rings. The van der Waals surface area contributed by atoms with Crippen LogP contribution in [0.25, 0.3) is 0 Å².